The van der Waals surface area contributed by atoms with Crippen LogP contribution in [0.2, 0.25) is 0 Å². The van der Waals surface area contributed by atoms with Gasteiger partial charge in [0.15, 0.2) is 23.0 Å². The van der Waals surface area contributed by atoms with Crippen LogP contribution in [0.4, 0.5) is 5.69 Å². The van der Waals surface area contributed by atoms with Crippen LogP contribution in [0.15, 0.2) is 158 Å². The first-order valence-corrected chi connectivity index (χ1v) is 15.9. The van der Waals surface area contributed by atoms with Gasteiger partial charge in [-0.05, 0) is 117 Å². The summed E-state index contributed by atoms with van der Waals surface area (Å²) in [7, 11) is 0. The molecule has 0 aromatic heterocycles. The molecule has 0 aliphatic rings. The molecule has 8 aromatic rings. The van der Waals surface area contributed by atoms with Crippen LogP contribution >= 0.6 is 0 Å². The maximum Gasteiger partial charge on any atom is 0.205 e. The maximum atomic E-state index is 10.1. The van der Waals surface area contributed by atoms with E-state index in [0.29, 0.717) is 46.0 Å². The average molecular weight is 647 g/mol. The van der Waals surface area contributed by atoms with Crippen molar-refractivity contribution in [2.24, 2.45) is 0 Å². The summed E-state index contributed by atoms with van der Waals surface area (Å²) in [5.41, 5.74) is 0.550. The lowest BCUT2D eigenvalue weighted by atomic mass is 9.92. The van der Waals surface area contributed by atoms with Crippen molar-refractivity contribution in [2.75, 3.05) is 0 Å². The average Bonchev–Trinajstić information content (AvgIpc) is 3.17. The molecule has 0 atom stereocenters. The van der Waals surface area contributed by atoms with Gasteiger partial charge in [0.25, 0.3) is 0 Å². The van der Waals surface area contributed by atoms with Crippen LogP contribution in [0.25, 0.3) is 37.2 Å². The molecule has 6 nitrogen and oxygen atoms in total. The van der Waals surface area contributed by atoms with Crippen LogP contribution in [0.5, 0.6) is 46.0 Å². The number of nitriles is 1. The molecular weight excluding hydrogens is 620 g/mol. The van der Waals surface area contributed by atoms with E-state index in [2.05, 4.69) is 10.9 Å². The van der Waals surface area contributed by atoms with E-state index < -0.39 is 0 Å². The zero-order chi connectivity index (χ0) is 33.9. The van der Waals surface area contributed by atoms with Crippen LogP contribution in [-0.4, -0.2) is 0 Å². The molecular formula is C44H26N2O4. The number of ether oxygens (including phenoxy) is 4. The van der Waals surface area contributed by atoms with Gasteiger partial charge in [0, 0.05) is 0 Å². The largest absolute Gasteiger partial charge is 0.453 e. The third-order valence-corrected chi connectivity index (χ3v) is 8.30. The van der Waals surface area contributed by atoms with Gasteiger partial charge in [-0.1, -0.05) is 72.8 Å². The lowest BCUT2D eigenvalue weighted by molar-refractivity contribution is 0.419. The Morgan fingerprint density at radius 3 is 0.960 bits per heavy atom. The highest BCUT2D eigenvalue weighted by molar-refractivity contribution is 6.27. The van der Waals surface area contributed by atoms with E-state index >= 15 is 0 Å². The minimum atomic E-state index is 0.264. The zero-order valence-corrected chi connectivity index (χ0v) is 26.5. The summed E-state index contributed by atoms with van der Waals surface area (Å²) in [5, 5.41) is 14.9. The van der Waals surface area contributed by atoms with Crippen LogP contribution in [0, 0.1) is 17.9 Å². The lowest BCUT2D eigenvalue weighted by Crippen LogP contribution is -1.95. The molecule has 8 rings (SSSR count). The Morgan fingerprint density at radius 1 is 0.400 bits per heavy atom. The molecule has 0 amide bonds. The minimum absolute atomic E-state index is 0.264. The monoisotopic (exact) mass is 646 g/mol. The molecule has 0 saturated carbocycles. The smallest absolute Gasteiger partial charge is 0.205 e. The fourth-order valence-corrected chi connectivity index (χ4v) is 6.01. The van der Waals surface area contributed by atoms with Crippen molar-refractivity contribution in [3.05, 3.63) is 175 Å². The molecule has 0 saturated heterocycles. The molecule has 0 fully saturated rings. The summed E-state index contributed by atoms with van der Waals surface area (Å²) in [6.07, 6.45) is 0. The number of fused-ring (bicyclic) bond motifs is 6. The molecule has 6 heteroatoms. The molecule has 0 radical (unpaired) electrons. The molecule has 50 heavy (non-hydrogen) atoms. The van der Waals surface area contributed by atoms with Gasteiger partial charge < -0.3 is 18.9 Å². The van der Waals surface area contributed by atoms with E-state index in [4.69, 9.17) is 25.5 Å². The Bertz CT molecular complexity index is 2410. The summed E-state index contributed by atoms with van der Waals surface area (Å²) < 4.78 is 25.9. The molecule has 236 valence electrons. The predicted octanol–water partition coefficient (Wildman–Crippen LogP) is 12.7. The van der Waals surface area contributed by atoms with Crippen molar-refractivity contribution in [1.82, 2.24) is 0 Å². The molecule has 0 bridgehead atoms. The Hall–Kier alpha value is -7.28. The zero-order valence-electron chi connectivity index (χ0n) is 26.5. The summed E-state index contributed by atoms with van der Waals surface area (Å²) in [6.45, 7) is 7.87. The maximum absolute atomic E-state index is 10.1. The highest BCUT2D eigenvalue weighted by Crippen LogP contribution is 2.48. The third-order valence-electron chi connectivity index (χ3n) is 8.30. The number of hydrogen-bond acceptors (Lipinski definition) is 5. The van der Waals surface area contributed by atoms with Crippen molar-refractivity contribution in [3.8, 4) is 52.1 Å². The predicted molar refractivity (Wildman–Crippen MR) is 196 cm³/mol. The fraction of sp³-hybridized carbons (Fsp3) is 0. The SMILES string of the molecule is [C-]#[N+]c1cc2c(cc1C#N)c1cc(Oc3ccccc3)c(Oc3ccccc3)cc1c1cc(Oc3ccccc3)c(Oc3ccccc3)cc21. The Labute approximate surface area is 288 Å². The van der Waals surface area contributed by atoms with Crippen LogP contribution in [0.3, 0.4) is 0 Å². The van der Waals surface area contributed by atoms with Gasteiger partial charge in [-0.2, -0.15) is 5.26 Å². The van der Waals surface area contributed by atoms with Gasteiger partial charge in [0.2, 0.25) is 5.69 Å². The number of benzene rings is 8. The van der Waals surface area contributed by atoms with Gasteiger partial charge >= 0.3 is 0 Å². The van der Waals surface area contributed by atoms with Crippen molar-refractivity contribution < 1.29 is 18.9 Å². The quantitative estimate of drug-likeness (QED) is 0.121. The van der Waals surface area contributed by atoms with E-state index in [-0.39, 0.29) is 11.3 Å². The van der Waals surface area contributed by atoms with Crippen LogP contribution < -0.4 is 18.9 Å². The highest BCUT2D eigenvalue weighted by atomic mass is 16.5. The minimum Gasteiger partial charge on any atom is -0.453 e. The summed E-state index contributed by atoms with van der Waals surface area (Å²) in [6, 6.07) is 51.7. The second-order valence-electron chi connectivity index (χ2n) is 11.5. The molecule has 0 unspecified atom stereocenters. The number of rotatable bonds is 8. The Balaban J connectivity index is 1.46. The molecule has 0 spiro atoms. The van der Waals surface area contributed by atoms with Crippen molar-refractivity contribution >= 4 is 38.0 Å². The molecule has 0 N–H and O–H groups in total. The van der Waals surface area contributed by atoms with E-state index in [1.165, 1.54) is 0 Å². The van der Waals surface area contributed by atoms with Gasteiger partial charge in [-0.25, -0.2) is 4.85 Å². The Kier molecular flexibility index (Phi) is 7.87. The third kappa shape index (κ3) is 5.86. The van der Waals surface area contributed by atoms with Crippen molar-refractivity contribution in [3.63, 3.8) is 0 Å². The molecule has 8 aromatic carbocycles. The first-order valence-electron chi connectivity index (χ1n) is 15.9. The summed E-state index contributed by atoms with van der Waals surface area (Å²) in [5.74, 6) is 4.57. The lowest BCUT2D eigenvalue weighted by Gasteiger charge is -2.19. The standard InChI is InChI=1S/C44H26N2O4/c1-46-40-23-35-34(22-29(40)28-45)36-24-41(47-30-14-6-2-7-15-30)43(49-32-18-10-4-11-19-32)26-38(36)39-27-44(50-33-20-12-5-13-21-33)42(25-37(35)39)48-31-16-8-3-9-17-31/h2-27H. The van der Waals surface area contributed by atoms with E-state index in [1.807, 2.05) is 146 Å². The molecule has 0 aliphatic heterocycles. The second-order valence-corrected chi connectivity index (χ2v) is 11.5. The van der Waals surface area contributed by atoms with E-state index in [9.17, 15) is 5.26 Å². The number of nitrogens with zero attached hydrogens (tertiary/aromatic N) is 2. The first kappa shape index (κ1) is 30.1. The van der Waals surface area contributed by atoms with Gasteiger partial charge in [0.05, 0.1) is 18.2 Å². The molecule has 0 heterocycles. The normalized spacial score (nSPS) is 10.8. The van der Waals surface area contributed by atoms with Crippen LogP contribution in [0.1, 0.15) is 5.56 Å². The highest BCUT2D eigenvalue weighted by Gasteiger charge is 2.20. The van der Waals surface area contributed by atoms with E-state index in [1.54, 1.807) is 12.1 Å². The molecule has 0 aliphatic carbocycles. The summed E-state index contributed by atoms with van der Waals surface area (Å²) in [4.78, 5) is 3.70. The number of para-hydroxylation sites is 4. The van der Waals surface area contributed by atoms with Crippen molar-refractivity contribution in [2.45, 2.75) is 0 Å². The van der Waals surface area contributed by atoms with Crippen LogP contribution in [-0.2, 0) is 0 Å². The van der Waals surface area contributed by atoms with E-state index in [0.717, 1.165) is 32.3 Å². The topological polar surface area (TPSA) is 65.1 Å². The van der Waals surface area contributed by atoms with Gasteiger partial charge in [0.1, 0.15) is 23.0 Å². The first-order chi connectivity index (χ1) is 24.7. The fourth-order valence-electron chi connectivity index (χ4n) is 6.01. The van der Waals surface area contributed by atoms with Crippen molar-refractivity contribution in [1.29, 1.82) is 5.26 Å². The van der Waals surface area contributed by atoms with Gasteiger partial charge in [-0.3, -0.25) is 0 Å². The number of hydrogen-bond donors (Lipinski definition) is 0. The van der Waals surface area contributed by atoms with Gasteiger partial charge in [-0.15, -0.1) is 0 Å². The second kappa shape index (κ2) is 13.1. The Morgan fingerprint density at radius 2 is 0.680 bits per heavy atom. The summed E-state index contributed by atoms with van der Waals surface area (Å²) >= 11 is 0.